The number of allylic oxidation sites excluding steroid dienone is 3. The second kappa shape index (κ2) is 22.2. The fraction of sp³-hybridized carbons (Fsp3) is 0.814. The summed E-state index contributed by atoms with van der Waals surface area (Å²) in [5.41, 5.74) is 0.152. The number of epoxide rings is 1. The van der Waals surface area contributed by atoms with Crippen molar-refractivity contribution in [2.24, 2.45) is 17.8 Å². The van der Waals surface area contributed by atoms with Gasteiger partial charge in [-0.05, 0) is 93.4 Å². The molecule has 2 heterocycles. The molecule has 1 fully saturated rings. The van der Waals surface area contributed by atoms with Crippen molar-refractivity contribution in [3.63, 3.8) is 0 Å². The molecule has 2 rings (SSSR count). The molecule has 53 heavy (non-hydrogen) atoms. The highest BCUT2D eigenvalue weighted by atomic mass is 28.4. The van der Waals surface area contributed by atoms with Crippen LogP contribution in [0.1, 0.15) is 122 Å². The molecule has 10 heteroatoms. The molecular weight excluding hydrogens is 701 g/mol. The molecule has 0 amide bonds. The van der Waals surface area contributed by atoms with Crippen molar-refractivity contribution in [1.29, 1.82) is 0 Å². The summed E-state index contributed by atoms with van der Waals surface area (Å²) >= 11 is 0. The lowest BCUT2D eigenvalue weighted by Crippen LogP contribution is -2.46. The number of carbonyl (C=O) groups is 2. The Balaban J connectivity index is 2.26. The molecule has 0 unspecified atom stereocenters. The van der Waals surface area contributed by atoms with Gasteiger partial charge in [-0.3, -0.25) is 9.59 Å². The van der Waals surface area contributed by atoms with E-state index in [-0.39, 0.29) is 48.7 Å². The first-order chi connectivity index (χ1) is 25.0. The van der Waals surface area contributed by atoms with Crippen LogP contribution in [0.3, 0.4) is 0 Å². The molecule has 0 radical (unpaired) electrons. The largest absolute Gasteiger partial charge is 0.457 e. The smallest absolute Gasteiger partial charge is 0.308 e. The minimum Gasteiger partial charge on any atom is -0.457 e. The number of ether oxygens (including phenoxy) is 4. The van der Waals surface area contributed by atoms with Crippen molar-refractivity contribution in [3.8, 4) is 0 Å². The molecule has 10 atom stereocenters. The Morgan fingerprint density at radius 3 is 2.11 bits per heavy atom. The number of carbonyl (C=O) groups excluding carboxylic acids is 2. The van der Waals surface area contributed by atoms with E-state index in [1.807, 2.05) is 32.9 Å². The SMILES string of the molecule is CC[C@H](O[Si](CC)(CC)CC)[C@@H](C)[C@H]1O[C@@H]1C[C@H](C)C=CC=C(C)[C@H]1OC(=O)C[C@H](O[Si](CC)(CC)CC)CC[C@@](C)(OC)[C@@H](OC(C)=O)C=C[C@@H]1C. The monoisotopic (exact) mass is 779 g/mol. The molecular formula is C43H78O8Si2. The second-order valence-corrected chi connectivity index (χ2v) is 25.7. The van der Waals surface area contributed by atoms with Crippen molar-refractivity contribution in [2.75, 3.05) is 7.11 Å². The molecule has 1 saturated heterocycles. The van der Waals surface area contributed by atoms with Crippen LogP contribution in [-0.2, 0) is 37.4 Å². The number of hydrogen-bond acceptors (Lipinski definition) is 8. The van der Waals surface area contributed by atoms with E-state index < -0.39 is 34.4 Å². The molecule has 0 bridgehead atoms. The highest BCUT2D eigenvalue weighted by molar-refractivity contribution is 6.74. The van der Waals surface area contributed by atoms with Crippen LogP contribution in [0, 0.1) is 17.8 Å². The molecule has 8 nitrogen and oxygen atoms in total. The van der Waals surface area contributed by atoms with Gasteiger partial charge in [0.15, 0.2) is 16.6 Å². The third-order valence-corrected chi connectivity index (χ3v) is 22.1. The van der Waals surface area contributed by atoms with Crippen molar-refractivity contribution in [3.05, 3.63) is 36.0 Å². The lowest BCUT2D eigenvalue weighted by atomic mass is 9.88. The summed E-state index contributed by atoms with van der Waals surface area (Å²) in [5.74, 6) is -0.109. The van der Waals surface area contributed by atoms with Gasteiger partial charge in [-0.25, -0.2) is 0 Å². The molecule has 0 aliphatic carbocycles. The maximum atomic E-state index is 13.7. The lowest BCUT2D eigenvalue weighted by molar-refractivity contribution is -0.160. The molecule has 0 spiro atoms. The molecule has 0 aromatic carbocycles. The van der Waals surface area contributed by atoms with E-state index in [4.69, 9.17) is 27.8 Å². The van der Waals surface area contributed by atoms with E-state index in [1.54, 1.807) is 7.11 Å². The molecule has 0 aromatic rings. The van der Waals surface area contributed by atoms with Gasteiger partial charge >= 0.3 is 11.9 Å². The Kier molecular flexibility index (Phi) is 20.0. The van der Waals surface area contributed by atoms with Crippen molar-refractivity contribution in [2.45, 2.75) is 201 Å². The number of hydrogen-bond donors (Lipinski definition) is 0. The third-order valence-electron chi connectivity index (χ3n) is 12.7. The lowest BCUT2D eigenvalue weighted by Gasteiger charge is -2.38. The average molecular weight is 779 g/mol. The minimum absolute atomic E-state index is 0.170. The highest BCUT2D eigenvalue weighted by Crippen LogP contribution is 2.39. The van der Waals surface area contributed by atoms with Crippen LogP contribution in [0.4, 0.5) is 0 Å². The molecule has 2 aliphatic rings. The first kappa shape index (κ1) is 47.6. The van der Waals surface area contributed by atoms with E-state index in [2.05, 4.69) is 80.5 Å². The van der Waals surface area contributed by atoms with Crippen LogP contribution >= 0.6 is 0 Å². The van der Waals surface area contributed by atoms with Gasteiger partial charge in [0.25, 0.3) is 0 Å². The molecule has 306 valence electrons. The summed E-state index contributed by atoms with van der Waals surface area (Å²) in [6, 6.07) is 6.44. The summed E-state index contributed by atoms with van der Waals surface area (Å²) < 4.78 is 38.2. The van der Waals surface area contributed by atoms with Gasteiger partial charge in [-0.2, -0.15) is 0 Å². The van der Waals surface area contributed by atoms with Crippen LogP contribution < -0.4 is 0 Å². The van der Waals surface area contributed by atoms with Gasteiger partial charge in [0.05, 0.1) is 24.7 Å². The van der Waals surface area contributed by atoms with Crippen LogP contribution in [0.5, 0.6) is 0 Å². The van der Waals surface area contributed by atoms with Gasteiger partial charge in [0.2, 0.25) is 0 Å². The van der Waals surface area contributed by atoms with Gasteiger partial charge in [0.1, 0.15) is 17.8 Å². The zero-order valence-electron chi connectivity index (χ0n) is 36.1. The zero-order chi connectivity index (χ0) is 40.0. The first-order valence-corrected chi connectivity index (χ1v) is 26.1. The van der Waals surface area contributed by atoms with Gasteiger partial charge in [-0.1, -0.05) is 93.5 Å². The Labute approximate surface area is 326 Å². The Morgan fingerprint density at radius 2 is 1.58 bits per heavy atom. The molecule has 2 aliphatic heterocycles. The molecule has 0 saturated carbocycles. The summed E-state index contributed by atoms with van der Waals surface area (Å²) in [6.45, 7) is 27.7. The number of cyclic esters (lactones) is 1. The summed E-state index contributed by atoms with van der Waals surface area (Å²) in [4.78, 5) is 25.9. The summed E-state index contributed by atoms with van der Waals surface area (Å²) in [7, 11) is -2.06. The standard InChI is InChI=1S/C43H78O8Si2/c1-15-37(51-53(19-5,20-6)21-7)34(11)42-38(48-42)29-31(8)23-22-24-32(9)41-33(10)25-26-39(47-35(12)44)43(13,46-14)28-27-36(30-40(45)49-41)50-52(16-2,17-3)18-4/h22-26,31,33-34,36-39,41-42H,15-21,27-30H2,1-14H3/t31-,33+,34-,36-,37+,38-,39+,41-,42-,43-/m1/s1. The van der Waals surface area contributed by atoms with Crippen LogP contribution in [-0.4, -0.2) is 77.9 Å². The van der Waals surface area contributed by atoms with Gasteiger partial charge in [-0.15, -0.1) is 0 Å². The van der Waals surface area contributed by atoms with Crippen molar-refractivity contribution in [1.82, 2.24) is 0 Å². The van der Waals surface area contributed by atoms with E-state index >= 15 is 0 Å². The average Bonchev–Trinajstić information content (AvgIpc) is 3.91. The van der Waals surface area contributed by atoms with E-state index in [1.165, 1.54) is 6.92 Å². The Morgan fingerprint density at radius 1 is 0.981 bits per heavy atom. The summed E-state index contributed by atoms with van der Waals surface area (Å²) in [5, 5.41) is 0. The maximum absolute atomic E-state index is 13.7. The van der Waals surface area contributed by atoms with Crippen LogP contribution in [0.25, 0.3) is 0 Å². The van der Waals surface area contributed by atoms with Crippen LogP contribution in [0.15, 0.2) is 36.0 Å². The normalized spacial score (nSPS) is 29.5. The quantitative estimate of drug-likeness (QED) is 0.0397. The zero-order valence-corrected chi connectivity index (χ0v) is 38.1. The predicted molar refractivity (Wildman–Crippen MR) is 222 cm³/mol. The van der Waals surface area contributed by atoms with E-state index in [0.29, 0.717) is 24.7 Å². The Hall–Kier alpha value is -1.57. The number of esters is 2. The summed E-state index contributed by atoms with van der Waals surface area (Å²) in [6.07, 6.45) is 12.9. The number of rotatable bonds is 20. The van der Waals surface area contributed by atoms with Crippen LogP contribution in [0.2, 0.25) is 36.3 Å². The van der Waals surface area contributed by atoms with Gasteiger partial charge in [0, 0.05) is 32.0 Å². The second-order valence-electron chi connectivity index (χ2n) is 16.2. The fourth-order valence-electron chi connectivity index (χ4n) is 8.12. The topological polar surface area (TPSA) is 92.8 Å². The Bertz CT molecular complexity index is 1190. The molecule has 0 aromatic heterocycles. The fourth-order valence-corrected chi connectivity index (χ4v) is 14.1. The maximum Gasteiger partial charge on any atom is 0.308 e. The van der Waals surface area contributed by atoms with Crippen molar-refractivity contribution >= 4 is 28.6 Å². The molecule has 0 N–H and O–H groups in total. The van der Waals surface area contributed by atoms with Gasteiger partial charge < -0.3 is 27.8 Å². The highest BCUT2D eigenvalue weighted by Gasteiger charge is 2.47. The first-order valence-electron chi connectivity index (χ1n) is 21.0. The van der Waals surface area contributed by atoms with E-state index in [9.17, 15) is 9.59 Å². The minimum atomic E-state index is -2.03. The number of methoxy groups -OCH3 is 1. The third kappa shape index (κ3) is 13.8. The predicted octanol–water partition coefficient (Wildman–Crippen LogP) is 10.7. The van der Waals surface area contributed by atoms with Crippen molar-refractivity contribution < 1.29 is 37.4 Å². The van der Waals surface area contributed by atoms with E-state index in [0.717, 1.165) is 54.7 Å².